The highest BCUT2D eigenvalue weighted by molar-refractivity contribution is 14.1. The molecule has 0 saturated heterocycles. The number of hydrogen-bond donors (Lipinski definition) is 0. The van der Waals surface area contributed by atoms with Gasteiger partial charge in [-0.25, -0.2) is 4.79 Å². The van der Waals surface area contributed by atoms with Gasteiger partial charge in [0.2, 0.25) is 0 Å². The van der Waals surface area contributed by atoms with E-state index in [4.69, 9.17) is 10.00 Å². The molecule has 96 valence electrons. The number of carbonyl (C=O) groups is 1. The Bertz CT molecular complexity index is 477. The predicted octanol–water partition coefficient (Wildman–Crippen LogP) is 2.95. The van der Waals surface area contributed by atoms with Gasteiger partial charge in [-0.3, -0.25) is 9.88 Å². The zero-order valence-electron chi connectivity index (χ0n) is 10.5. The third kappa shape index (κ3) is 4.14. The van der Waals surface area contributed by atoms with Gasteiger partial charge in [-0.2, -0.15) is 5.26 Å². The van der Waals surface area contributed by atoms with Gasteiger partial charge in [-0.15, -0.1) is 0 Å². The Hall–Kier alpha value is -1.36. The molecule has 0 N–H and O–H groups in total. The van der Waals surface area contributed by atoms with Crippen molar-refractivity contribution >= 4 is 34.4 Å². The Morgan fingerprint density at radius 1 is 1.61 bits per heavy atom. The van der Waals surface area contributed by atoms with Gasteiger partial charge in [-0.05, 0) is 49.4 Å². The largest absolute Gasteiger partial charge is 0.443 e. The Morgan fingerprint density at radius 3 is 2.78 bits per heavy atom. The van der Waals surface area contributed by atoms with Crippen molar-refractivity contribution in [3.8, 4) is 6.07 Å². The van der Waals surface area contributed by atoms with E-state index in [1.165, 1.54) is 4.90 Å². The first-order valence-electron chi connectivity index (χ1n) is 5.32. The van der Waals surface area contributed by atoms with Crippen LogP contribution >= 0.6 is 22.6 Å². The standard InChI is InChI=1S/C12H14IN3O2/c1-12(2,3)18-11(17)16(7-5-14)10-8-15-6-4-9(10)13/h4,6,8H,7H2,1-3H3. The van der Waals surface area contributed by atoms with Crippen molar-refractivity contribution in [1.29, 1.82) is 5.26 Å². The van der Waals surface area contributed by atoms with Crippen molar-refractivity contribution in [3.05, 3.63) is 22.0 Å². The number of nitrogens with zero attached hydrogens (tertiary/aromatic N) is 3. The van der Waals surface area contributed by atoms with Gasteiger partial charge in [0.1, 0.15) is 12.1 Å². The summed E-state index contributed by atoms with van der Waals surface area (Å²) >= 11 is 2.09. The van der Waals surface area contributed by atoms with Crippen LogP contribution in [0.5, 0.6) is 0 Å². The molecule has 0 aliphatic rings. The van der Waals surface area contributed by atoms with Crippen molar-refractivity contribution in [2.45, 2.75) is 26.4 Å². The molecule has 1 aromatic rings. The lowest BCUT2D eigenvalue weighted by molar-refractivity contribution is 0.0584. The predicted molar refractivity (Wildman–Crippen MR) is 76.1 cm³/mol. The van der Waals surface area contributed by atoms with Crippen LogP contribution in [0.3, 0.4) is 0 Å². The summed E-state index contributed by atoms with van der Waals surface area (Å²) in [5.41, 5.74) is -0.0211. The summed E-state index contributed by atoms with van der Waals surface area (Å²) in [7, 11) is 0. The molecule has 0 atom stereocenters. The first-order chi connectivity index (χ1) is 8.35. The number of amides is 1. The molecular weight excluding hydrogens is 345 g/mol. The van der Waals surface area contributed by atoms with Crippen LogP contribution in [0.15, 0.2) is 18.5 Å². The van der Waals surface area contributed by atoms with Crippen LogP contribution in [0, 0.1) is 14.9 Å². The molecular formula is C12H14IN3O2. The Balaban J connectivity index is 3.01. The number of rotatable bonds is 2. The van der Waals surface area contributed by atoms with E-state index < -0.39 is 11.7 Å². The smallest absolute Gasteiger partial charge is 0.415 e. The van der Waals surface area contributed by atoms with Crippen LogP contribution in [-0.4, -0.2) is 23.2 Å². The monoisotopic (exact) mass is 359 g/mol. The number of carbonyl (C=O) groups excluding carboxylic acids is 1. The first kappa shape index (κ1) is 14.7. The van der Waals surface area contributed by atoms with E-state index in [1.807, 2.05) is 6.07 Å². The third-order valence-corrected chi connectivity index (χ3v) is 2.79. The van der Waals surface area contributed by atoms with Crippen molar-refractivity contribution < 1.29 is 9.53 Å². The highest BCUT2D eigenvalue weighted by Gasteiger charge is 2.24. The summed E-state index contributed by atoms with van der Waals surface area (Å²) in [6.45, 7) is 5.27. The molecule has 0 aliphatic carbocycles. The lowest BCUT2D eigenvalue weighted by Crippen LogP contribution is -2.37. The Morgan fingerprint density at radius 2 is 2.28 bits per heavy atom. The van der Waals surface area contributed by atoms with E-state index >= 15 is 0 Å². The Labute approximate surface area is 120 Å². The van der Waals surface area contributed by atoms with Gasteiger partial charge in [0.05, 0.1) is 18.0 Å². The van der Waals surface area contributed by atoms with Crippen LogP contribution in [0.25, 0.3) is 0 Å². The lowest BCUT2D eigenvalue weighted by atomic mass is 10.2. The molecule has 0 spiro atoms. The number of hydrogen-bond acceptors (Lipinski definition) is 4. The van der Waals surface area contributed by atoms with Crippen molar-refractivity contribution in [1.82, 2.24) is 4.98 Å². The van der Waals surface area contributed by atoms with Gasteiger partial charge in [-0.1, -0.05) is 0 Å². The van der Waals surface area contributed by atoms with Crippen LogP contribution < -0.4 is 4.90 Å². The number of pyridine rings is 1. The van der Waals surface area contributed by atoms with E-state index in [-0.39, 0.29) is 6.54 Å². The van der Waals surface area contributed by atoms with Crippen molar-refractivity contribution in [2.24, 2.45) is 0 Å². The van der Waals surface area contributed by atoms with Gasteiger partial charge in [0.25, 0.3) is 0 Å². The maximum Gasteiger partial charge on any atom is 0.415 e. The first-order valence-corrected chi connectivity index (χ1v) is 6.40. The van der Waals surface area contributed by atoms with E-state index in [0.717, 1.165) is 3.57 Å². The van der Waals surface area contributed by atoms with Crippen LogP contribution in [-0.2, 0) is 4.74 Å². The summed E-state index contributed by atoms with van der Waals surface area (Å²) in [6.07, 6.45) is 2.63. The number of halogens is 1. The molecule has 1 rings (SSSR count). The second-order valence-electron chi connectivity index (χ2n) is 4.55. The second kappa shape index (κ2) is 6.00. The zero-order chi connectivity index (χ0) is 13.8. The van der Waals surface area contributed by atoms with Gasteiger partial charge < -0.3 is 4.74 Å². The molecule has 0 saturated carbocycles. The molecule has 6 heteroatoms. The maximum atomic E-state index is 12.0. The molecule has 0 aliphatic heterocycles. The summed E-state index contributed by atoms with van der Waals surface area (Å²) in [5, 5.41) is 8.81. The maximum absolute atomic E-state index is 12.0. The van der Waals surface area contributed by atoms with E-state index in [1.54, 1.807) is 39.2 Å². The molecule has 1 aromatic heterocycles. The third-order valence-electron chi connectivity index (χ3n) is 1.88. The van der Waals surface area contributed by atoms with Crippen LogP contribution in [0.1, 0.15) is 20.8 Å². The minimum atomic E-state index is -0.599. The average Bonchev–Trinajstić information content (AvgIpc) is 2.24. The zero-order valence-corrected chi connectivity index (χ0v) is 12.6. The SMILES string of the molecule is CC(C)(C)OC(=O)N(CC#N)c1cnccc1I. The number of aromatic nitrogens is 1. The fourth-order valence-electron chi connectivity index (χ4n) is 1.20. The molecule has 0 bridgehead atoms. The molecule has 0 fully saturated rings. The number of nitriles is 1. The molecule has 18 heavy (non-hydrogen) atoms. The molecule has 1 heterocycles. The van der Waals surface area contributed by atoms with E-state index in [9.17, 15) is 4.79 Å². The van der Waals surface area contributed by atoms with Crippen LogP contribution in [0.2, 0.25) is 0 Å². The van der Waals surface area contributed by atoms with Crippen LogP contribution in [0.4, 0.5) is 10.5 Å². The second-order valence-corrected chi connectivity index (χ2v) is 5.71. The Kier molecular flexibility index (Phi) is 4.90. The number of ether oxygens (including phenoxy) is 1. The lowest BCUT2D eigenvalue weighted by Gasteiger charge is -2.26. The highest BCUT2D eigenvalue weighted by Crippen LogP contribution is 2.22. The van der Waals surface area contributed by atoms with E-state index in [2.05, 4.69) is 27.6 Å². The summed E-state index contributed by atoms with van der Waals surface area (Å²) < 4.78 is 6.10. The topological polar surface area (TPSA) is 66.2 Å². The minimum absolute atomic E-state index is 0.0728. The average molecular weight is 359 g/mol. The molecule has 0 radical (unpaired) electrons. The molecule has 5 nitrogen and oxygen atoms in total. The van der Waals surface area contributed by atoms with Gasteiger partial charge in [0, 0.05) is 9.77 Å². The molecule has 0 unspecified atom stereocenters. The quantitative estimate of drug-likeness (QED) is 0.602. The van der Waals surface area contributed by atoms with Gasteiger partial charge in [0.15, 0.2) is 0 Å². The fraction of sp³-hybridized carbons (Fsp3) is 0.417. The highest BCUT2D eigenvalue weighted by atomic mass is 127. The normalized spacial score (nSPS) is 10.6. The summed E-state index contributed by atoms with van der Waals surface area (Å²) in [5.74, 6) is 0. The summed E-state index contributed by atoms with van der Waals surface area (Å²) in [6, 6.07) is 3.72. The van der Waals surface area contributed by atoms with E-state index in [0.29, 0.717) is 5.69 Å². The van der Waals surface area contributed by atoms with Gasteiger partial charge >= 0.3 is 6.09 Å². The van der Waals surface area contributed by atoms with Crippen molar-refractivity contribution in [3.63, 3.8) is 0 Å². The number of anilines is 1. The minimum Gasteiger partial charge on any atom is -0.443 e. The summed E-state index contributed by atoms with van der Waals surface area (Å²) in [4.78, 5) is 17.3. The van der Waals surface area contributed by atoms with Crippen molar-refractivity contribution in [2.75, 3.05) is 11.4 Å². The fourth-order valence-corrected chi connectivity index (χ4v) is 1.79. The molecule has 0 aromatic carbocycles. The molecule has 1 amide bonds.